The smallest absolute Gasteiger partial charge is 0.131 e. The number of hydrogen-bond acceptors (Lipinski definition) is 4. The van der Waals surface area contributed by atoms with Crippen LogP contribution in [0.25, 0.3) is 0 Å². The average molecular weight is 262 g/mol. The Hall–Kier alpha value is -1.32. The third kappa shape index (κ3) is 4.37. The summed E-state index contributed by atoms with van der Waals surface area (Å²) >= 11 is 0. The standard InChI is InChI=1S/C15H26N4/c1-3-12-5-7-13(8-6-12)10-17-15-9-14(16-4-2)18-11-19-15/h9,11-13H,3-8,10H2,1-2H3,(H2,16,17,18,19). The first kappa shape index (κ1) is 14.1. The molecule has 0 unspecified atom stereocenters. The van der Waals surface area contributed by atoms with Crippen molar-refractivity contribution in [1.82, 2.24) is 9.97 Å². The molecule has 19 heavy (non-hydrogen) atoms. The molecule has 0 atom stereocenters. The molecule has 0 aromatic carbocycles. The molecule has 1 saturated carbocycles. The third-order valence-electron chi connectivity index (χ3n) is 4.14. The summed E-state index contributed by atoms with van der Waals surface area (Å²) in [6.45, 7) is 6.31. The molecule has 0 bridgehead atoms. The van der Waals surface area contributed by atoms with Crippen LogP contribution in [0.1, 0.15) is 46.0 Å². The summed E-state index contributed by atoms with van der Waals surface area (Å²) in [5.41, 5.74) is 0. The molecule has 2 rings (SSSR count). The largest absolute Gasteiger partial charge is 0.370 e. The Balaban J connectivity index is 1.77. The van der Waals surface area contributed by atoms with Crippen LogP contribution in [-0.2, 0) is 0 Å². The lowest BCUT2D eigenvalue weighted by molar-refractivity contribution is 0.278. The van der Waals surface area contributed by atoms with E-state index in [9.17, 15) is 0 Å². The van der Waals surface area contributed by atoms with Crippen LogP contribution in [0, 0.1) is 11.8 Å². The molecule has 1 aliphatic rings. The van der Waals surface area contributed by atoms with E-state index in [1.54, 1.807) is 6.33 Å². The first-order valence-corrected chi connectivity index (χ1v) is 7.61. The number of nitrogens with zero attached hydrogens (tertiary/aromatic N) is 2. The summed E-state index contributed by atoms with van der Waals surface area (Å²) in [5.74, 6) is 3.61. The zero-order valence-electron chi connectivity index (χ0n) is 12.2. The van der Waals surface area contributed by atoms with E-state index in [-0.39, 0.29) is 0 Å². The number of nitrogens with one attached hydrogen (secondary N) is 2. The highest BCUT2D eigenvalue weighted by Gasteiger charge is 2.19. The number of anilines is 2. The van der Waals surface area contributed by atoms with E-state index in [0.29, 0.717) is 0 Å². The second-order valence-electron chi connectivity index (χ2n) is 5.49. The normalized spacial score (nSPS) is 23.1. The van der Waals surface area contributed by atoms with E-state index in [1.165, 1.54) is 32.1 Å². The van der Waals surface area contributed by atoms with Crippen molar-refractivity contribution < 1.29 is 0 Å². The van der Waals surface area contributed by atoms with Crippen LogP contribution in [0.2, 0.25) is 0 Å². The van der Waals surface area contributed by atoms with Crippen molar-refractivity contribution in [2.45, 2.75) is 46.0 Å². The number of rotatable bonds is 6. The minimum atomic E-state index is 0.806. The topological polar surface area (TPSA) is 49.8 Å². The fourth-order valence-electron chi connectivity index (χ4n) is 2.82. The van der Waals surface area contributed by atoms with Gasteiger partial charge in [-0.25, -0.2) is 9.97 Å². The molecule has 2 N–H and O–H groups in total. The zero-order chi connectivity index (χ0) is 13.5. The molecule has 1 fully saturated rings. The van der Waals surface area contributed by atoms with Crippen molar-refractivity contribution in [3.63, 3.8) is 0 Å². The van der Waals surface area contributed by atoms with Gasteiger partial charge in [-0.05, 0) is 31.6 Å². The molecule has 0 spiro atoms. The summed E-state index contributed by atoms with van der Waals surface area (Å²) in [5, 5.41) is 6.66. The third-order valence-corrected chi connectivity index (χ3v) is 4.14. The number of hydrogen-bond donors (Lipinski definition) is 2. The Morgan fingerprint density at radius 3 is 2.26 bits per heavy atom. The second-order valence-corrected chi connectivity index (χ2v) is 5.49. The van der Waals surface area contributed by atoms with Crippen LogP contribution >= 0.6 is 0 Å². The van der Waals surface area contributed by atoms with Crippen molar-refractivity contribution >= 4 is 11.6 Å². The maximum Gasteiger partial charge on any atom is 0.131 e. The van der Waals surface area contributed by atoms with Crippen LogP contribution in [0.4, 0.5) is 11.6 Å². The molecule has 0 radical (unpaired) electrons. The maximum absolute atomic E-state index is 4.27. The molecule has 1 aromatic rings. The Labute approximate surface area is 116 Å². The van der Waals surface area contributed by atoms with E-state index in [0.717, 1.165) is 36.6 Å². The van der Waals surface area contributed by atoms with Crippen LogP contribution in [0.15, 0.2) is 12.4 Å². The predicted molar refractivity (Wildman–Crippen MR) is 80.4 cm³/mol. The van der Waals surface area contributed by atoms with Crippen LogP contribution < -0.4 is 10.6 Å². The fraction of sp³-hybridized carbons (Fsp3) is 0.733. The lowest BCUT2D eigenvalue weighted by Gasteiger charge is -2.27. The van der Waals surface area contributed by atoms with Gasteiger partial charge in [-0.1, -0.05) is 26.2 Å². The molecule has 0 saturated heterocycles. The van der Waals surface area contributed by atoms with Gasteiger partial charge >= 0.3 is 0 Å². The Morgan fingerprint density at radius 1 is 1.00 bits per heavy atom. The van der Waals surface area contributed by atoms with Crippen molar-refractivity contribution in [1.29, 1.82) is 0 Å². The van der Waals surface area contributed by atoms with Crippen molar-refractivity contribution in [2.24, 2.45) is 11.8 Å². The lowest BCUT2D eigenvalue weighted by atomic mass is 9.81. The van der Waals surface area contributed by atoms with Gasteiger partial charge in [0.25, 0.3) is 0 Å². The summed E-state index contributed by atoms with van der Waals surface area (Å²) in [7, 11) is 0. The van der Waals surface area contributed by atoms with Crippen molar-refractivity contribution in [3.05, 3.63) is 12.4 Å². The first-order chi connectivity index (χ1) is 9.31. The SMILES string of the molecule is CCNc1cc(NCC2CCC(CC)CC2)ncn1. The summed E-state index contributed by atoms with van der Waals surface area (Å²) in [6.07, 6.45) is 8.48. The van der Waals surface area contributed by atoms with Gasteiger partial charge in [-0.3, -0.25) is 0 Å². The Kier molecular flexibility index (Phi) is 5.43. The highest BCUT2D eigenvalue weighted by Crippen LogP contribution is 2.30. The van der Waals surface area contributed by atoms with Gasteiger partial charge in [0.1, 0.15) is 18.0 Å². The van der Waals surface area contributed by atoms with Gasteiger partial charge in [-0.15, -0.1) is 0 Å². The van der Waals surface area contributed by atoms with Gasteiger partial charge in [0, 0.05) is 19.2 Å². The van der Waals surface area contributed by atoms with Gasteiger partial charge in [0.05, 0.1) is 0 Å². The molecule has 0 amide bonds. The van der Waals surface area contributed by atoms with E-state index < -0.39 is 0 Å². The van der Waals surface area contributed by atoms with Gasteiger partial charge in [0.2, 0.25) is 0 Å². The molecular weight excluding hydrogens is 236 g/mol. The first-order valence-electron chi connectivity index (χ1n) is 7.61. The van der Waals surface area contributed by atoms with Crippen molar-refractivity contribution in [2.75, 3.05) is 23.7 Å². The average Bonchev–Trinajstić information content (AvgIpc) is 2.46. The minimum Gasteiger partial charge on any atom is -0.370 e. The van der Waals surface area contributed by atoms with E-state index >= 15 is 0 Å². The Bertz CT molecular complexity index is 372. The van der Waals surface area contributed by atoms with Crippen molar-refractivity contribution in [3.8, 4) is 0 Å². The summed E-state index contributed by atoms with van der Waals surface area (Å²) in [6, 6.07) is 1.99. The number of aromatic nitrogens is 2. The van der Waals surface area contributed by atoms with Gasteiger partial charge < -0.3 is 10.6 Å². The fourth-order valence-corrected chi connectivity index (χ4v) is 2.82. The summed E-state index contributed by atoms with van der Waals surface area (Å²) < 4.78 is 0. The Morgan fingerprint density at radius 2 is 1.63 bits per heavy atom. The van der Waals surface area contributed by atoms with Gasteiger partial charge in [0.15, 0.2) is 0 Å². The van der Waals surface area contributed by atoms with Crippen LogP contribution in [0.3, 0.4) is 0 Å². The summed E-state index contributed by atoms with van der Waals surface area (Å²) in [4.78, 5) is 8.46. The van der Waals surface area contributed by atoms with Gasteiger partial charge in [-0.2, -0.15) is 0 Å². The molecule has 0 aliphatic heterocycles. The quantitative estimate of drug-likeness (QED) is 0.823. The van der Waals surface area contributed by atoms with Crippen LogP contribution in [0.5, 0.6) is 0 Å². The zero-order valence-corrected chi connectivity index (χ0v) is 12.2. The molecule has 1 aliphatic carbocycles. The molecule has 1 heterocycles. The minimum absolute atomic E-state index is 0.806. The maximum atomic E-state index is 4.27. The monoisotopic (exact) mass is 262 g/mol. The molecule has 1 aromatic heterocycles. The molecule has 4 nitrogen and oxygen atoms in total. The lowest BCUT2D eigenvalue weighted by Crippen LogP contribution is -2.21. The van der Waals surface area contributed by atoms with E-state index in [1.807, 2.05) is 6.07 Å². The molecular formula is C15H26N4. The highest BCUT2D eigenvalue weighted by molar-refractivity contribution is 5.46. The van der Waals surface area contributed by atoms with E-state index in [2.05, 4.69) is 34.4 Å². The highest BCUT2D eigenvalue weighted by atomic mass is 15.1. The molecule has 106 valence electrons. The molecule has 4 heteroatoms. The predicted octanol–water partition coefficient (Wildman–Crippen LogP) is 3.54. The second kappa shape index (κ2) is 7.31. The van der Waals surface area contributed by atoms with E-state index in [4.69, 9.17) is 0 Å². The van der Waals surface area contributed by atoms with Crippen LogP contribution in [-0.4, -0.2) is 23.1 Å².